The molecule has 0 atom stereocenters. The Morgan fingerprint density at radius 1 is 1.06 bits per heavy atom. The van der Waals surface area contributed by atoms with Gasteiger partial charge in [0, 0.05) is 50.4 Å². The quantitative estimate of drug-likeness (QED) is 0.502. The molecule has 3 heterocycles. The van der Waals surface area contributed by atoms with Crippen molar-refractivity contribution in [1.29, 1.82) is 5.26 Å². The highest BCUT2D eigenvalue weighted by atomic mass is 15.3. The van der Waals surface area contributed by atoms with Crippen molar-refractivity contribution in [3.05, 3.63) is 54.2 Å². The predicted molar refractivity (Wildman–Crippen MR) is 131 cm³/mol. The van der Waals surface area contributed by atoms with Crippen LogP contribution >= 0.6 is 0 Å². The van der Waals surface area contributed by atoms with E-state index < -0.39 is 0 Å². The molecule has 1 fully saturated rings. The van der Waals surface area contributed by atoms with Crippen molar-refractivity contribution >= 4 is 22.7 Å². The molecule has 0 aliphatic carbocycles. The molecule has 4 aromatic rings. The Bertz CT molecular complexity index is 1340. The third kappa shape index (κ3) is 3.99. The van der Waals surface area contributed by atoms with Crippen LogP contribution in [0.3, 0.4) is 0 Å². The SMILES string of the molecule is CNc1nc(N2CCC(N)CC2)nc(-c2ccc(C#N)cc2)c1-c1ccc2nn(C)cc2c1. The summed E-state index contributed by atoms with van der Waals surface area (Å²) in [7, 11) is 3.80. The average Bonchev–Trinajstić information content (AvgIpc) is 3.23. The predicted octanol–water partition coefficient (Wildman–Crippen LogP) is 3.54. The van der Waals surface area contributed by atoms with Crippen LogP contribution in [0.25, 0.3) is 33.3 Å². The zero-order chi connectivity index (χ0) is 22.9. The van der Waals surface area contributed by atoms with Crippen molar-refractivity contribution in [1.82, 2.24) is 19.7 Å². The van der Waals surface area contributed by atoms with Gasteiger partial charge in [-0.15, -0.1) is 0 Å². The summed E-state index contributed by atoms with van der Waals surface area (Å²) in [5.41, 5.74) is 11.4. The monoisotopic (exact) mass is 438 g/mol. The third-order valence-corrected chi connectivity index (χ3v) is 6.15. The fourth-order valence-electron chi connectivity index (χ4n) is 4.36. The molecule has 1 aliphatic heterocycles. The minimum atomic E-state index is 0.230. The lowest BCUT2D eigenvalue weighted by atomic mass is 9.98. The zero-order valence-electron chi connectivity index (χ0n) is 18.8. The molecule has 5 rings (SSSR count). The topological polar surface area (TPSA) is 109 Å². The van der Waals surface area contributed by atoms with E-state index in [-0.39, 0.29) is 6.04 Å². The van der Waals surface area contributed by atoms with Crippen LogP contribution in [0, 0.1) is 11.3 Å². The first kappa shape index (κ1) is 20.9. The Morgan fingerprint density at radius 2 is 1.79 bits per heavy atom. The number of fused-ring (bicyclic) bond motifs is 1. The first-order valence-corrected chi connectivity index (χ1v) is 11.1. The summed E-state index contributed by atoms with van der Waals surface area (Å²) in [6.45, 7) is 1.66. The number of anilines is 2. The van der Waals surface area contributed by atoms with Gasteiger partial charge in [0.25, 0.3) is 0 Å². The van der Waals surface area contributed by atoms with Crippen LogP contribution in [0.1, 0.15) is 18.4 Å². The van der Waals surface area contributed by atoms with Gasteiger partial charge >= 0.3 is 0 Å². The lowest BCUT2D eigenvalue weighted by Crippen LogP contribution is -2.40. The molecule has 0 saturated carbocycles. The van der Waals surface area contributed by atoms with Gasteiger partial charge in [-0.25, -0.2) is 4.98 Å². The molecule has 0 bridgehead atoms. The summed E-state index contributed by atoms with van der Waals surface area (Å²) in [6.07, 6.45) is 3.85. The van der Waals surface area contributed by atoms with Gasteiger partial charge in [-0.05, 0) is 42.7 Å². The minimum absolute atomic E-state index is 0.230. The number of nitriles is 1. The van der Waals surface area contributed by atoms with Gasteiger partial charge in [0.05, 0.1) is 28.4 Å². The van der Waals surface area contributed by atoms with Gasteiger partial charge in [-0.2, -0.15) is 15.3 Å². The number of nitrogens with one attached hydrogen (secondary N) is 1. The van der Waals surface area contributed by atoms with Crippen molar-refractivity contribution in [3.8, 4) is 28.5 Å². The largest absolute Gasteiger partial charge is 0.372 e. The Hall–Kier alpha value is -3.96. The Morgan fingerprint density at radius 3 is 2.48 bits per heavy atom. The molecule has 8 nitrogen and oxygen atoms in total. The van der Waals surface area contributed by atoms with Crippen LogP contribution in [0.2, 0.25) is 0 Å². The molecule has 3 N–H and O–H groups in total. The van der Waals surface area contributed by atoms with E-state index in [4.69, 9.17) is 15.7 Å². The number of nitrogens with two attached hydrogens (primary N) is 1. The lowest BCUT2D eigenvalue weighted by Gasteiger charge is -2.31. The number of hydrogen-bond donors (Lipinski definition) is 2. The molecule has 0 amide bonds. The summed E-state index contributed by atoms with van der Waals surface area (Å²) < 4.78 is 1.82. The van der Waals surface area contributed by atoms with Crippen molar-refractivity contribution in [2.24, 2.45) is 12.8 Å². The number of aryl methyl sites for hydroxylation is 1. The van der Waals surface area contributed by atoms with E-state index in [0.29, 0.717) is 11.5 Å². The van der Waals surface area contributed by atoms with Gasteiger partial charge in [0.2, 0.25) is 5.95 Å². The number of aromatic nitrogens is 4. The van der Waals surface area contributed by atoms with E-state index >= 15 is 0 Å². The summed E-state index contributed by atoms with van der Waals surface area (Å²) >= 11 is 0. The highest BCUT2D eigenvalue weighted by Crippen LogP contribution is 2.38. The van der Waals surface area contributed by atoms with Crippen molar-refractivity contribution in [3.63, 3.8) is 0 Å². The molecule has 1 aliphatic rings. The number of piperidine rings is 1. The number of nitrogens with zero attached hydrogens (tertiary/aromatic N) is 6. The smallest absolute Gasteiger partial charge is 0.227 e. The first-order chi connectivity index (χ1) is 16.1. The molecule has 166 valence electrons. The maximum absolute atomic E-state index is 9.24. The maximum Gasteiger partial charge on any atom is 0.227 e. The van der Waals surface area contributed by atoms with E-state index in [1.54, 1.807) is 0 Å². The average molecular weight is 439 g/mol. The second-order valence-electron chi connectivity index (χ2n) is 8.44. The van der Waals surface area contributed by atoms with Crippen LogP contribution in [-0.4, -0.2) is 45.9 Å². The normalized spacial score (nSPS) is 14.4. The van der Waals surface area contributed by atoms with Gasteiger partial charge < -0.3 is 16.0 Å². The highest BCUT2D eigenvalue weighted by molar-refractivity contribution is 5.93. The summed E-state index contributed by atoms with van der Waals surface area (Å²) in [6, 6.07) is 16.2. The molecule has 0 spiro atoms. The minimum Gasteiger partial charge on any atom is -0.372 e. The van der Waals surface area contributed by atoms with Gasteiger partial charge in [0.1, 0.15) is 5.82 Å². The van der Waals surface area contributed by atoms with Crippen LogP contribution in [0.4, 0.5) is 11.8 Å². The number of benzene rings is 2. The van der Waals surface area contributed by atoms with Crippen molar-refractivity contribution in [2.45, 2.75) is 18.9 Å². The Kier molecular flexibility index (Phi) is 5.40. The van der Waals surface area contributed by atoms with Crippen LogP contribution in [0.5, 0.6) is 0 Å². The van der Waals surface area contributed by atoms with E-state index in [1.807, 2.05) is 55.3 Å². The Balaban J connectivity index is 1.70. The maximum atomic E-state index is 9.24. The molecule has 0 radical (unpaired) electrons. The fraction of sp³-hybridized carbons (Fsp3) is 0.280. The summed E-state index contributed by atoms with van der Waals surface area (Å²) in [5.74, 6) is 1.45. The summed E-state index contributed by atoms with van der Waals surface area (Å²) in [4.78, 5) is 12.2. The van der Waals surface area contributed by atoms with Gasteiger partial charge in [0.15, 0.2) is 0 Å². The fourth-order valence-corrected chi connectivity index (χ4v) is 4.36. The Labute approximate surface area is 192 Å². The summed E-state index contributed by atoms with van der Waals surface area (Å²) in [5, 5.41) is 18.1. The molecule has 0 unspecified atom stereocenters. The van der Waals surface area contributed by atoms with E-state index in [1.165, 1.54) is 0 Å². The van der Waals surface area contributed by atoms with Gasteiger partial charge in [-0.3, -0.25) is 4.68 Å². The third-order valence-electron chi connectivity index (χ3n) is 6.15. The molecular weight excluding hydrogens is 412 g/mol. The van der Waals surface area contributed by atoms with E-state index in [0.717, 1.165) is 65.0 Å². The highest BCUT2D eigenvalue weighted by Gasteiger charge is 2.23. The second kappa shape index (κ2) is 8.52. The second-order valence-corrected chi connectivity index (χ2v) is 8.44. The molecular formula is C25H26N8. The van der Waals surface area contributed by atoms with Crippen LogP contribution in [0.15, 0.2) is 48.7 Å². The molecule has 8 heteroatoms. The van der Waals surface area contributed by atoms with Crippen LogP contribution in [-0.2, 0) is 7.05 Å². The van der Waals surface area contributed by atoms with Crippen molar-refractivity contribution < 1.29 is 0 Å². The molecule has 33 heavy (non-hydrogen) atoms. The van der Waals surface area contributed by atoms with E-state index in [2.05, 4.69) is 33.5 Å². The zero-order valence-corrected chi connectivity index (χ0v) is 18.8. The molecule has 1 saturated heterocycles. The first-order valence-electron chi connectivity index (χ1n) is 11.1. The van der Waals surface area contributed by atoms with Crippen LogP contribution < -0.4 is 16.0 Å². The lowest BCUT2D eigenvalue weighted by molar-refractivity contribution is 0.496. The van der Waals surface area contributed by atoms with E-state index in [9.17, 15) is 5.26 Å². The molecule has 2 aromatic carbocycles. The number of rotatable bonds is 4. The molecule has 2 aromatic heterocycles. The van der Waals surface area contributed by atoms with Gasteiger partial charge in [-0.1, -0.05) is 18.2 Å². The van der Waals surface area contributed by atoms with Crippen molar-refractivity contribution in [2.75, 3.05) is 30.4 Å². The standard InChI is InChI=1S/C25H26N8/c1-28-24-22(18-7-8-21-19(13-18)15-32(2)31-21)23(17-5-3-16(14-26)4-6-17)29-25(30-24)33-11-9-20(27)10-12-33/h3-8,13,15,20H,9-12,27H2,1-2H3,(H,28,29,30). The number of hydrogen-bond acceptors (Lipinski definition) is 7.